The molecule has 332 valence electrons. The first-order valence-corrected chi connectivity index (χ1v) is 23.7. The van der Waals surface area contributed by atoms with Gasteiger partial charge in [0.05, 0.1) is 23.7 Å². The number of nitrogens with zero attached hydrogens (tertiary/aromatic N) is 2. The summed E-state index contributed by atoms with van der Waals surface area (Å²) < 4.78 is 43.1. The van der Waals surface area contributed by atoms with Gasteiger partial charge < -0.3 is 19.9 Å². The number of carbonyl (C=O) groups is 1. The smallest absolute Gasteiger partial charge is 0.241 e. The zero-order valence-corrected chi connectivity index (χ0v) is 37.4. The van der Waals surface area contributed by atoms with E-state index >= 15 is 0 Å². The molecule has 0 unspecified atom stereocenters. The highest BCUT2D eigenvalue weighted by molar-refractivity contribution is 7.89. The number of benzene rings is 6. The van der Waals surface area contributed by atoms with E-state index in [1.54, 1.807) is 24.3 Å². The lowest BCUT2D eigenvalue weighted by molar-refractivity contribution is -0.276. The van der Waals surface area contributed by atoms with Gasteiger partial charge in [0.15, 0.2) is 6.29 Å². The fourth-order valence-electron chi connectivity index (χ4n) is 8.57. The van der Waals surface area contributed by atoms with Crippen LogP contribution in [-0.4, -0.2) is 74.1 Å². The molecule has 0 bridgehead atoms. The molecule has 0 saturated carbocycles. The van der Waals surface area contributed by atoms with Gasteiger partial charge in [0.1, 0.15) is 6.04 Å². The maximum Gasteiger partial charge on any atom is 0.241 e. The largest absolute Gasteiger partial charge is 0.392 e. The summed E-state index contributed by atoms with van der Waals surface area (Å²) in [5.74, 6) is -0.328. The summed E-state index contributed by atoms with van der Waals surface area (Å²) >= 11 is 0. The van der Waals surface area contributed by atoms with Crippen LogP contribution in [-0.2, 0) is 50.4 Å². The second kappa shape index (κ2) is 21.0. The average Bonchev–Trinajstić information content (AvgIpc) is 3.33. The summed E-state index contributed by atoms with van der Waals surface area (Å²) in [6.07, 6.45) is -0.654. The van der Waals surface area contributed by atoms with E-state index in [0.717, 1.165) is 83.8 Å². The molecule has 10 nitrogen and oxygen atoms in total. The third-order valence-corrected chi connectivity index (χ3v) is 13.9. The van der Waals surface area contributed by atoms with Crippen molar-refractivity contribution in [2.45, 2.75) is 69.4 Å². The van der Waals surface area contributed by atoms with Gasteiger partial charge in [0.2, 0.25) is 15.9 Å². The fraction of sp³-hybridized carbons (Fsp3) is 0.302. The van der Waals surface area contributed by atoms with Crippen LogP contribution in [0.25, 0.3) is 11.1 Å². The van der Waals surface area contributed by atoms with Crippen LogP contribution in [0.2, 0.25) is 0 Å². The molecule has 64 heavy (non-hydrogen) atoms. The Bertz CT molecular complexity index is 2530. The minimum absolute atomic E-state index is 0.00995. The molecule has 6 aromatic rings. The third-order valence-electron chi connectivity index (χ3n) is 12.4. The van der Waals surface area contributed by atoms with Gasteiger partial charge in [0.25, 0.3) is 0 Å². The number of sulfonamides is 1. The molecule has 0 aliphatic carbocycles. The first kappa shape index (κ1) is 45.1. The normalized spacial score (nSPS) is 20.1. The maximum absolute atomic E-state index is 13.7. The van der Waals surface area contributed by atoms with E-state index in [9.17, 15) is 18.3 Å². The number of amides is 1. The molecule has 8 rings (SSSR count). The summed E-state index contributed by atoms with van der Waals surface area (Å²) in [5.41, 5.74) is 8.82. The number of rotatable bonds is 16. The zero-order chi connectivity index (χ0) is 44.5. The molecule has 2 heterocycles. The van der Waals surface area contributed by atoms with E-state index < -0.39 is 28.3 Å². The third kappa shape index (κ3) is 11.6. The van der Waals surface area contributed by atoms with Crippen molar-refractivity contribution in [1.29, 1.82) is 0 Å². The van der Waals surface area contributed by atoms with Crippen LogP contribution in [0.5, 0.6) is 0 Å². The lowest BCUT2D eigenvalue weighted by atomic mass is 9.89. The molecule has 5 atom stereocenters. The number of ether oxygens (including phenoxy) is 2. The van der Waals surface area contributed by atoms with Crippen molar-refractivity contribution >= 4 is 15.9 Å². The quantitative estimate of drug-likeness (QED) is 0.0897. The molecule has 11 heteroatoms. The second-order valence-electron chi connectivity index (χ2n) is 17.1. The predicted octanol–water partition coefficient (Wildman–Crippen LogP) is 7.97. The Morgan fingerprint density at radius 1 is 0.688 bits per heavy atom. The number of piperazine rings is 1. The zero-order valence-electron chi connectivity index (χ0n) is 36.6. The van der Waals surface area contributed by atoms with Crippen molar-refractivity contribution in [3.63, 3.8) is 0 Å². The van der Waals surface area contributed by atoms with Crippen molar-refractivity contribution in [2.75, 3.05) is 32.7 Å². The number of hydrogen-bond acceptors (Lipinski definition) is 8. The number of hydrogen-bond donors (Lipinski definition) is 3. The van der Waals surface area contributed by atoms with E-state index in [2.05, 4.69) is 93.5 Å². The highest BCUT2D eigenvalue weighted by atomic mass is 32.2. The molecule has 6 aromatic carbocycles. The highest BCUT2D eigenvalue weighted by Crippen LogP contribution is 2.42. The lowest BCUT2D eigenvalue weighted by Gasteiger charge is -2.44. The van der Waals surface area contributed by atoms with Gasteiger partial charge in [-0.2, -0.15) is 4.72 Å². The minimum atomic E-state index is -3.96. The number of nitrogens with one attached hydrogen (secondary N) is 2. The highest BCUT2D eigenvalue weighted by Gasteiger charge is 2.39. The Balaban J connectivity index is 0.937. The Labute approximate surface area is 377 Å². The molecular weight excluding hydrogens is 821 g/mol. The van der Waals surface area contributed by atoms with E-state index in [1.807, 2.05) is 73.7 Å². The SMILES string of the molecule is Cc1ccc(S(=O)(=O)N[C@H](Cc2ccccc2)C(=O)NCc2cccc(-c3ccc([C@@H]4O[C@H](CN5CCN(Cc6ccccc6)CC5)[C@H](C)[C@H](c5ccc(CO)cc5)O4)cc3)c2)cc1. The molecule has 2 saturated heterocycles. The fourth-order valence-corrected chi connectivity index (χ4v) is 9.77. The molecule has 1 amide bonds. The molecule has 0 aromatic heterocycles. The summed E-state index contributed by atoms with van der Waals surface area (Å²) in [6, 6.07) is 49.9. The molecule has 0 radical (unpaired) electrons. The molecular formula is C53H58N4O6S. The first-order chi connectivity index (χ1) is 31.1. The van der Waals surface area contributed by atoms with Gasteiger partial charge >= 0.3 is 0 Å². The maximum atomic E-state index is 13.7. The van der Waals surface area contributed by atoms with Gasteiger partial charge in [-0.05, 0) is 70.5 Å². The number of aryl methyl sites for hydroxylation is 1. The van der Waals surface area contributed by atoms with E-state index in [0.29, 0.717) is 0 Å². The summed E-state index contributed by atoms with van der Waals surface area (Å²) in [4.78, 5) is 18.9. The van der Waals surface area contributed by atoms with Crippen LogP contribution >= 0.6 is 0 Å². The minimum Gasteiger partial charge on any atom is -0.392 e. The van der Waals surface area contributed by atoms with Gasteiger partial charge in [0, 0.05) is 57.3 Å². The Morgan fingerprint density at radius 3 is 1.98 bits per heavy atom. The number of aliphatic hydroxyl groups is 1. The number of aliphatic hydroxyl groups excluding tert-OH is 1. The van der Waals surface area contributed by atoms with Gasteiger partial charge in [-0.15, -0.1) is 0 Å². The van der Waals surface area contributed by atoms with E-state index in [4.69, 9.17) is 9.47 Å². The average molecular weight is 879 g/mol. The number of carbonyl (C=O) groups excluding carboxylic acids is 1. The van der Waals surface area contributed by atoms with Gasteiger partial charge in [-0.3, -0.25) is 14.6 Å². The van der Waals surface area contributed by atoms with Crippen LogP contribution in [0.1, 0.15) is 58.3 Å². The van der Waals surface area contributed by atoms with Crippen LogP contribution in [0.3, 0.4) is 0 Å². The van der Waals surface area contributed by atoms with Crippen LogP contribution in [0, 0.1) is 12.8 Å². The Hall–Kier alpha value is -5.50. The van der Waals surface area contributed by atoms with Crippen molar-refractivity contribution in [3.8, 4) is 11.1 Å². The van der Waals surface area contributed by atoms with Crippen molar-refractivity contribution in [2.24, 2.45) is 5.92 Å². The first-order valence-electron chi connectivity index (χ1n) is 22.2. The van der Waals surface area contributed by atoms with Crippen LogP contribution in [0.15, 0.2) is 163 Å². The predicted molar refractivity (Wildman–Crippen MR) is 250 cm³/mol. The topological polar surface area (TPSA) is 120 Å². The van der Waals surface area contributed by atoms with Crippen molar-refractivity contribution < 1.29 is 27.8 Å². The second-order valence-corrected chi connectivity index (χ2v) is 18.8. The summed E-state index contributed by atoms with van der Waals surface area (Å²) in [5, 5.41) is 12.7. The molecule has 2 fully saturated rings. The molecule has 2 aliphatic rings. The Morgan fingerprint density at radius 2 is 1.31 bits per heavy atom. The standard InChI is InChI=1S/C53H58N4O6S/c1-38-16-26-48(27-17-38)64(60,61)55-49(33-40-10-5-3-6-11-40)52(59)54-34-43-14-9-15-47(32-43)44-22-24-46(25-23-44)53-62-50(39(2)51(63-53)45-20-18-42(37-58)19-21-45)36-57-30-28-56(29-31-57)35-41-12-7-4-8-13-41/h3-27,32,39,49-51,53,55,58H,28-31,33-37H2,1-2H3,(H,54,59)/t39-,49+,50+,51+,53+/m0/s1. The van der Waals surface area contributed by atoms with Crippen LogP contribution < -0.4 is 10.0 Å². The molecule has 0 spiro atoms. The lowest BCUT2D eigenvalue weighted by Crippen LogP contribution is -2.51. The van der Waals surface area contributed by atoms with Crippen molar-refractivity contribution in [1.82, 2.24) is 19.8 Å². The van der Waals surface area contributed by atoms with Crippen LogP contribution in [0.4, 0.5) is 0 Å². The van der Waals surface area contributed by atoms with E-state index in [-0.39, 0.29) is 42.6 Å². The molecule has 3 N–H and O–H groups in total. The van der Waals surface area contributed by atoms with Crippen molar-refractivity contribution in [3.05, 3.63) is 197 Å². The monoisotopic (exact) mass is 878 g/mol. The van der Waals surface area contributed by atoms with Gasteiger partial charge in [-0.25, -0.2) is 8.42 Å². The summed E-state index contributed by atoms with van der Waals surface area (Å²) in [7, 11) is -3.96. The van der Waals surface area contributed by atoms with Gasteiger partial charge in [-0.1, -0.05) is 152 Å². The van der Waals surface area contributed by atoms with E-state index in [1.165, 1.54) is 5.56 Å². The summed E-state index contributed by atoms with van der Waals surface area (Å²) in [6.45, 7) is 10.0. The Kier molecular flexibility index (Phi) is 14.8. The molecule has 2 aliphatic heterocycles.